The molecule has 0 atom stereocenters. The lowest BCUT2D eigenvalue weighted by molar-refractivity contribution is 0.0995. The van der Waals surface area contributed by atoms with Crippen LogP contribution in [0.1, 0.15) is 11.9 Å². The van der Waals surface area contributed by atoms with Gasteiger partial charge in [-0.3, -0.25) is 4.79 Å². The highest BCUT2D eigenvalue weighted by atomic mass is 16.1. The first-order valence-electron chi connectivity index (χ1n) is 3.65. The number of nitrogens with zero attached hydrogens (tertiary/aromatic N) is 1. The number of amides is 1. The van der Waals surface area contributed by atoms with Gasteiger partial charge in [0.1, 0.15) is 5.69 Å². The van der Waals surface area contributed by atoms with E-state index in [-0.39, 0.29) is 1.43 Å². The lowest BCUT2D eigenvalue weighted by Gasteiger charge is -1.96. The smallest absolute Gasteiger partial charge is 0.364 e. The summed E-state index contributed by atoms with van der Waals surface area (Å²) in [4.78, 5) is 10.9. The van der Waals surface area contributed by atoms with Gasteiger partial charge in [0.15, 0.2) is 0 Å². The summed E-state index contributed by atoms with van der Waals surface area (Å²) in [6, 6.07) is 9.28. The van der Waals surface area contributed by atoms with Gasteiger partial charge in [0.25, 0.3) is 5.91 Å². The Bertz CT molecular complexity index is 436. The lowest BCUT2D eigenvalue weighted by Crippen LogP contribution is -2.13. The van der Waals surface area contributed by atoms with E-state index in [0.29, 0.717) is 5.69 Å². The maximum Gasteiger partial charge on any atom is 1.00 e. The summed E-state index contributed by atoms with van der Waals surface area (Å²) >= 11 is 0. The van der Waals surface area contributed by atoms with E-state index >= 15 is 0 Å². The fourth-order valence-electron chi connectivity index (χ4n) is 1.26. The number of pyridine rings is 1. The Labute approximate surface area is 70.9 Å². The summed E-state index contributed by atoms with van der Waals surface area (Å²) < 4.78 is 1.77. The first-order chi connectivity index (χ1) is 5.79. The quantitative estimate of drug-likeness (QED) is 0.670. The number of nitrogens with two attached hydrogens (primary N) is 1. The molecule has 0 unspecified atom stereocenters. The topological polar surface area (TPSA) is 47.5 Å². The van der Waals surface area contributed by atoms with Crippen molar-refractivity contribution in [3.63, 3.8) is 0 Å². The second-order valence-corrected chi connectivity index (χ2v) is 2.58. The highest BCUT2D eigenvalue weighted by molar-refractivity contribution is 5.92. The molecular weight excluding hydrogens is 152 g/mol. The van der Waals surface area contributed by atoms with Crippen molar-refractivity contribution in [1.82, 2.24) is 4.40 Å². The van der Waals surface area contributed by atoms with E-state index in [9.17, 15) is 4.79 Å². The highest BCUT2D eigenvalue weighted by Crippen LogP contribution is 2.08. The molecule has 2 aromatic rings. The van der Waals surface area contributed by atoms with Gasteiger partial charge in [0.2, 0.25) is 0 Å². The fraction of sp³-hybridized carbons (Fsp3) is 0. The van der Waals surface area contributed by atoms with Crippen LogP contribution in [0.3, 0.4) is 0 Å². The number of aromatic nitrogens is 1. The molecule has 2 rings (SSSR count). The molecule has 0 saturated heterocycles. The van der Waals surface area contributed by atoms with Crippen molar-refractivity contribution in [3.05, 3.63) is 42.2 Å². The first kappa shape index (κ1) is 6.91. The molecule has 2 N–H and O–H groups in total. The molecule has 0 saturated carbocycles. The van der Waals surface area contributed by atoms with Crippen LogP contribution in [0.2, 0.25) is 0 Å². The zero-order valence-corrected chi connectivity index (χ0v) is 6.40. The molecule has 0 aliphatic rings. The monoisotopic (exact) mass is 161 g/mol. The molecule has 0 aliphatic carbocycles. The van der Waals surface area contributed by atoms with E-state index in [1.165, 1.54) is 0 Å². The molecule has 0 aromatic carbocycles. The van der Waals surface area contributed by atoms with Crippen molar-refractivity contribution in [2.45, 2.75) is 0 Å². The average Bonchev–Trinajstić information content (AvgIpc) is 2.47. The number of rotatable bonds is 1. The zero-order valence-electron chi connectivity index (χ0n) is 7.40. The molecule has 3 heteroatoms. The molecule has 0 spiro atoms. The minimum absolute atomic E-state index is 0. The second kappa shape index (κ2) is 2.37. The Hall–Kier alpha value is -1.77. The minimum Gasteiger partial charge on any atom is -0.364 e. The van der Waals surface area contributed by atoms with Gasteiger partial charge in [-0.15, -0.1) is 0 Å². The third kappa shape index (κ3) is 0.871. The van der Waals surface area contributed by atoms with Crippen LogP contribution < -0.4 is 5.73 Å². The van der Waals surface area contributed by atoms with Crippen molar-refractivity contribution < 1.29 is 6.22 Å². The zero-order chi connectivity index (χ0) is 8.55. The second-order valence-electron chi connectivity index (χ2n) is 2.58. The third-order valence-corrected chi connectivity index (χ3v) is 1.82. The number of hydrogen-bond donors (Lipinski definition) is 1. The predicted octanol–water partition coefficient (Wildman–Crippen LogP) is 1.15. The molecular formula is C9H9N2O+. The van der Waals surface area contributed by atoms with Crippen molar-refractivity contribution in [2.24, 2.45) is 5.73 Å². The first-order valence-corrected chi connectivity index (χ1v) is 3.65. The molecule has 60 valence electrons. The lowest BCUT2D eigenvalue weighted by atomic mass is 10.4. The summed E-state index contributed by atoms with van der Waals surface area (Å²) in [5, 5.41) is 0. The van der Waals surface area contributed by atoms with Crippen LogP contribution in [0.15, 0.2) is 36.5 Å². The minimum atomic E-state index is -0.402. The SMILES string of the molecule is NC(=O)c1ccc2ccccn12.[H+]. The van der Waals surface area contributed by atoms with Crippen molar-refractivity contribution in [2.75, 3.05) is 0 Å². The largest absolute Gasteiger partial charge is 1.00 e. The molecule has 2 heterocycles. The number of hydrogen-bond acceptors (Lipinski definition) is 1. The molecule has 12 heavy (non-hydrogen) atoms. The Kier molecular flexibility index (Phi) is 1.37. The van der Waals surface area contributed by atoms with E-state index in [0.717, 1.165) is 5.52 Å². The van der Waals surface area contributed by atoms with Crippen LogP contribution in [-0.2, 0) is 0 Å². The Morgan fingerprint density at radius 3 is 2.92 bits per heavy atom. The third-order valence-electron chi connectivity index (χ3n) is 1.82. The van der Waals surface area contributed by atoms with Gasteiger partial charge in [-0.05, 0) is 24.3 Å². The van der Waals surface area contributed by atoms with Gasteiger partial charge in [-0.2, -0.15) is 0 Å². The van der Waals surface area contributed by atoms with Crippen LogP contribution in [0.5, 0.6) is 0 Å². The van der Waals surface area contributed by atoms with Gasteiger partial charge in [0, 0.05) is 11.7 Å². The van der Waals surface area contributed by atoms with Crippen LogP contribution in [0, 0.1) is 0 Å². The highest BCUT2D eigenvalue weighted by Gasteiger charge is 2.04. The number of fused-ring (bicyclic) bond motifs is 1. The number of carbonyl (C=O) groups excluding carboxylic acids is 1. The molecule has 3 nitrogen and oxygen atoms in total. The molecule has 2 aromatic heterocycles. The normalized spacial score (nSPS) is 10.3. The number of primary amides is 1. The van der Waals surface area contributed by atoms with Crippen molar-refractivity contribution >= 4 is 11.4 Å². The van der Waals surface area contributed by atoms with Gasteiger partial charge in [-0.1, -0.05) is 6.07 Å². The molecule has 0 fully saturated rings. The summed E-state index contributed by atoms with van der Waals surface area (Å²) in [5.74, 6) is -0.402. The molecule has 0 bridgehead atoms. The summed E-state index contributed by atoms with van der Waals surface area (Å²) in [5.41, 5.74) is 6.66. The van der Waals surface area contributed by atoms with E-state index in [2.05, 4.69) is 0 Å². The van der Waals surface area contributed by atoms with Crippen molar-refractivity contribution in [1.29, 1.82) is 0 Å². The molecule has 1 amide bonds. The van der Waals surface area contributed by atoms with Crippen LogP contribution in [-0.4, -0.2) is 10.3 Å². The maximum atomic E-state index is 10.9. The average molecular weight is 161 g/mol. The predicted molar refractivity (Wildman–Crippen MR) is 47.0 cm³/mol. The maximum absolute atomic E-state index is 10.9. The van der Waals surface area contributed by atoms with Crippen LogP contribution in [0.25, 0.3) is 5.52 Å². The van der Waals surface area contributed by atoms with E-state index < -0.39 is 5.91 Å². The van der Waals surface area contributed by atoms with Crippen LogP contribution >= 0.6 is 0 Å². The summed E-state index contributed by atoms with van der Waals surface area (Å²) in [6.45, 7) is 0. The Balaban J connectivity index is 0.000000845. The molecule has 0 radical (unpaired) electrons. The summed E-state index contributed by atoms with van der Waals surface area (Å²) in [6.07, 6.45) is 1.81. The number of carbonyl (C=O) groups is 1. The molecule has 0 aliphatic heterocycles. The van der Waals surface area contributed by atoms with E-state index in [1.54, 1.807) is 10.5 Å². The van der Waals surface area contributed by atoms with E-state index in [4.69, 9.17) is 5.73 Å². The van der Waals surface area contributed by atoms with Gasteiger partial charge in [-0.25, -0.2) is 0 Å². The van der Waals surface area contributed by atoms with Gasteiger partial charge >= 0.3 is 1.43 Å². The summed E-state index contributed by atoms with van der Waals surface area (Å²) in [7, 11) is 0. The fourth-order valence-corrected chi connectivity index (χ4v) is 1.26. The van der Waals surface area contributed by atoms with Crippen LogP contribution in [0.4, 0.5) is 0 Å². The van der Waals surface area contributed by atoms with Crippen molar-refractivity contribution in [3.8, 4) is 0 Å². The van der Waals surface area contributed by atoms with Gasteiger partial charge < -0.3 is 10.1 Å². The van der Waals surface area contributed by atoms with E-state index in [1.807, 2.05) is 30.5 Å². The standard InChI is InChI=1S/C9H8N2O/c10-9(12)8-5-4-7-3-1-2-6-11(7)8/h1-6H,(H2,10,12)/p+1. The van der Waals surface area contributed by atoms with Gasteiger partial charge in [0.05, 0.1) is 0 Å². The Morgan fingerprint density at radius 2 is 2.17 bits per heavy atom. The Morgan fingerprint density at radius 1 is 1.33 bits per heavy atom.